The van der Waals surface area contributed by atoms with Crippen LogP contribution in [0.15, 0.2) is 27.6 Å². The summed E-state index contributed by atoms with van der Waals surface area (Å²) in [7, 11) is -1.97. The van der Waals surface area contributed by atoms with Crippen molar-refractivity contribution in [2.45, 2.75) is 43.5 Å². The molecule has 0 aliphatic heterocycles. The predicted octanol–water partition coefficient (Wildman–Crippen LogP) is 3.31. The summed E-state index contributed by atoms with van der Waals surface area (Å²) in [6.07, 6.45) is 4.26. The Bertz CT molecular complexity index is 574. The van der Waals surface area contributed by atoms with Crippen molar-refractivity contribution < 1.29 is 13.2 Å². The van der Waals surface area contributed by atoms with Crippen LogP contribution >= 0.6 is 15.9 Å². The first-order valence-corrected chi connectivity index (χ1v) is 9.07. The van der Waals surface area contributed by atoms with Crippen LogP contribution in [0.25, 0.3) is 0 Å². The average molecular weight is 362 g/mol. The lowest BCUT2D eigenvalue weighted by atomic mass is 9.87. The topological polar surface area (TPSA) is 55.4 Å². The third kappa shape index (κ3) is 3.54. The van der Waals surface area contributed by atoms with Gasteiger partial charge in [-0.3, -0.25) is 0 Å². The molecule has 1 saturated carbocycles. The van der Waals surface area contributed by atoms with Gasteiger partial charge >= 0.3 is 0 Å². The molecule has 0 radical (unpaired) electrons. The summed E-state index contributed by atoms with van der Waals surface area (Å²) in [4.78, 5) is 0.246. The molecule has 0 saturated heterocycles. The van der Waals surface area contributed by atoms with Crippen LogP contribution in [-0.2, 0) is 10.0 Å². The number of sulfonamides is 1. The molecule has 20 heavy (non-hydrogen) atoms. The first-order valence-electron chi connectivity index (χ1n) is 6.80. The number of methoxy groups -OCH3 is 1. The lowest BCUT2D eigenvalue weighted by Crippen LogP contribution is -2.40. The lowest BCUT2D eigenvalue weighted by Gasteiger charge is -2.29. The third-order valence-corrected chi connectivity index (χ3v) is 5.99. The fourth-order valence-corrected chi connectivity index (χ4v) is 4.37. The number of rotatable bonds is 4. The monoisotopic (exact) mass is 361 g/mol. The summed E-state index contributed by atoms with van der Waals surface area (Å²) in [6.45, 7) is 2.11. The molecule has 0 heterocycles. The first-order chi connectivity index (χ1) is 9.44. The molecule has 1 aliphatic rings. The average Bonchev–Trinajstić information content (AvgIpc) is 2.41. The van der Waals surface area contributed by atoms with Gasteiger partial charge in [0, 0.05) is 12.1 Å². The molecular weight excluding hydrogens is 342 g/mol. The highest BCUT2D eigenvalue weighted by Crippen LogP contribution is 2.29. The van der Waals surface area contributed by atoms with Gasteiger partial charge in [-0.2, -0.15) is 0 Å². The summed E-state index contributed by atoms with van der Waals surface area (Å²) >= 11 is 3.33. The number of halogens is 1. The standard InChI is InChI=1S/C14H20BrNO3S/c1-10-5-3-4-6-13(10)16-20(17,18)11-7-8-12(15)14(9-11)19-2/h7-10,13,16H,3-6H2,1-2H3/t10-,13+/m0/s1. The van der Waals surface area contributed by atoms with Crippen molar-refractivity contribution in [3.63, 3.8) is 0 Å². The van der Waals surface area contributed by atoms with Crippen LogP contribution in [0.2, 0.25) is 0 Å². The Morgan fingerprint density at radius 3 is 2.65 bits per heavy atom. The van der Waals surface area contributed by atoms with E-state index in [0.29, 0.717) is 11.7 Å². The number of benzene rings is 1. The number of hydrogen-bond acceptors (Lipinski definition) is 3. The molecule has 0 bridgehead atoms. The summed E-state index contributed by atoms with van der Waals surface area (Å²) < 4.78 is 33.6. The van der Waals surface area contributed by atoms with Crippen molar-refractivity contribution in [1.29, 1.82) is 0 Å². The Balaban J connectivity index is 2.21. The Labute approximate surface area is 129 Å². The van der Waals surface area contributed by atoms with Crippen molar-refractivity contribution in [2.24, 2.45) is 5.92 Å². The SMILES string of the molecule is COc1cc(S(=O)(=O)N[C@@H]2CCCC[C@@H]2C)ccc1Br. The highest BCUT2D eigenvalue weighted by atomic mass is 79.9. The molecule has 0 aromatic heterocycles. The van der Waals surface area contributed by atoms with E-state index in [2.05, 4.69) is 27.6 Å². The minimum absolute atomic E-state index is 0.0309. The van der Waals surface area contributed by atoms with Crippen LogP contribution in [0.1, 0.15) is 32.6 Å². The molecule has 4 nitrogen and oxygen atoms in total. The quantitative estimate of drug-likeness (QED) is 0.894. The summed E-state index contributed by atoms with van der Waals surface area (Å²) in [5, 5.41) is 0. The molecular formula is C14H20BrNO3S. The van der Waals surface area contributed by atoms with Crippen LogP contribution in [0.4, 0.5) is 0 Å². The summed E-state index contributed by atoms with van der Waals surface area (Å²) in [5.74, 6) is 0.903. The molecule has 0 amide bonds. The maximum absolute atomic E-state index is 12.4. The van der Waals surface area contributed by atoms with E-state index in [1.54, 1.807) is 18.2 Å². The molecule has 1 fully saturated rings. The molecule has 1 aliphatic carbocycles. The van der Waals surface area contributed by atoms with Gasteiger partial charge < -0.3 is 4.74 Å². The van der Waals surface area contributed by atoms with Crippen molar-refractivity contribution in [3.8, 4) is 5.75 Å². The van der Waals surface area contributed by atoms with Crippen LogP contribution < -0.4 is 9.46 Å². The molecule has 6 heteroatoms. The Morgan fingerprint density at radius 1 is 1.30 bits per heavy atom. The zero-order chi connectivity index (χ0) is 14.8. The van der Waals surface area contributed by atoms with E-state index in [0.717, 1.165) is 23.7 Å². The van der Waals surface area contributed by atoms with E-state index in [4.69, 9.17) is 4.74 Å². The number of ether oxygens (including phenoxy) is 1. The fraction of sp³-hybridized carbons (Fsp3) is 0.571. The van der Waals surface area contributed by atoms with E-state index in [-0.39, 0.29) is 10.9 Å². The van der Waals surface area contributed by atoms with Crippen molar-refractivity contribution in [3.05, 3.63) is 22.7 Å². The second kappa shape index (κ2) is 6.45. The van der Waals surface area contributed by atoms with Gasteiger partial charge in [0.05, 0.1) is 16.5 Å². The van der Waals surface area contributed by atoms with Crippen LogP contribution in [0.3, 0.4) is 0 Å². The predicted molar refractivity (Wildman–Crippen MR) is 82.4 cm³/mol. The molecule has 2 atom stereocenters. The van der Waals surface area contributed by atoms with Gasteiger partial charge in [-0.25, -0.2) is 13.1 Å². The molecule has 1 aromatic rings. The van der Waals surface area contributed by atoms with Crippen LogP contribution in [-0.4, -0.2) is 21.6 Å². The normalized spacial score (nSPS) is 23.6. The molecule has 0 unspecified atom stereocenters. The van der Waals surface area contributed by atoms with Gasteiger partial charge in [0.2, 0.25) is 10.0 Å². The molecule has 2 rings (SSSR count). The van der Waals surface area contributed by atoms with E-state index >= 15 is 0 Å². The van der Waals surface area contributed by atoms with Gasteiger partial charge in [0.15, 0.2) is 0 Å². The van der Waals surface area contributed by atoms with Gasteiger partial charge in [0.1, 0.15) is 5.75 Å². The van der Waals surface area contributed by atoms with Gasteiger partial charge in [0.25, 0.3) is 0 Å². The van der Waals surface area contributed by atoms with E-state index in [1.807, 2.05) is 0 Å². The number of nitrogens with one attached hydrogen (secondary N) is 1. The third-order valence-electron chi connectivity index (χ3n) is 3.85. The smallest absolute Gasteiger partial charge is 0.240 e. The summed E-state index contributed by atoms with van der Waals surface area (Å²) in [6, 6.07) is 4.85. The second-order valence-corrected chi connectivity index (χ2v) is 7.85. The zero-order valence-electron chi connectivity index (χ0n) is 11.7. The lowest BCUT2D eigenvalue weighted by molar-refractivity contribution is 0.310. The fourth-order valence-electron chi connectivity index (χ4n) is 2.57. The molecule has 1 aromatic carbocycles. The van der Waals surface area contributed by atoms with E-state index < -0.39 is 10.0 Å². The van der Waals surface area contributed by atoms with Gasteiger partial charge in [-0.15, -0.1) is 0 Å². The largest absolute Gasteiger partial charge is 0.496 e. The van der Waals surface area contributed by atoms with Crippen LogP contribution in [0.5, 0.6) is 5.75 Å². The second-order valence-electron chi connectivity index (χ2n) is 5.29. The van der Waals surface area contributed by atoms with E-state index in [1.165, 1.54) is 13.5 Å². The zero-order valence-corrected chi connectivity index (χ0v) is 14.1. The Hall–Kier alpha value is -0.590. The van der Waals surface area contributed by atoms with Crippen molar-refractivity contribution in [2.75, 3.05) is 7.11 Å². The molecule has 112 valence electrons. The van der Waals surface area contributed by atoms with Crippen molar-refractivity contribution in [1.82, 2.24) is 4.72 Å². The van der Waals surface area contributed by atoms with E-state index in [9.17, 15) is 8.42 Å². The Kier molecular flexibility index (Phi) is 5.09. The van der Waals surface area contributed by atoms with Gasteiger partial charge in [-0.05, 0) is 46.8 Å². The maximum Gasteiger partial charge on any atom is 0.240 e. The number of hydrogen-bond donors (Lipinski definition) is 1. The first kappa shape index (κ1) is 15.8. The highest BCUT2D eigenvalue weighted by molar-refractivity contribution is 9.10. The Morgan fingerprint density at radius 2 is 2.00 bits per heavy atom. The van der Waals surface area contributed by atoms with Gasteiger partial charge in [-0.1, -0.05) is 19.8 Å². The van der Waals surface area contributed by atoms with Crippen LogP contribution in [0, 0.1) is 5.92 Å². The molecule has 1 N–H and O–H groups in total. The minimum Gasteiger partial charge on any atom is -0.496 e. The van der Waals surface area contributed by atoms with Crippen molar-refractivity contribution >= 4 is 26.0 Å². The highest BCUT2D eigenvalue weighted by Gasteiger charge is 2.27. The maximum atomic E-state index is 12.4. The summed E-state index contributed by atoms with van der Waals surface area (Å²) in [5.41, 5.74) is 0. The molecule has 0 spiro atoms. The minimum atomic E-state index is -3.49.